The number of alkyl halides is 1. The summed E-state index contributed by atoms with van der Waals surface area (Å²) in [6, 6.07) is 15.7. The number of rotatable bonds is 8. The molecule has 0 aliphatic rings. The summed E-state index contributed by atoms with van der Waals surface area (Å²) in [7, 11) is 0. The molecule has 0 bridgehead atoms. The first-order valence-electron chi connectivity index (χ1n) is 8.71. The van der Waals surface area contributed by atoms with Gasteiger partial charge in [-0.3, -0.25) is 9.78 Å². The summed E-state index contributed by atoms with van der Waals surface area (Å²) in [5, 5.41) is 0.966. The highest BCUT2D eigenvalue weighted by atomic mass is 79.9. The summed E-state index contributed by atoms with van der Waals surface area (Å²) in [5.74, 6) is 0.556. The molecule has 6 heteroatoms. The minimum absolute atomic E-state index is 0.0628. The van der Waals surface area contributed by atoms with Crippen molar-refractivity contribution in [3.05, 3.63) is 92.6 Å². The van der Waals surface area contributed by atoms with Crippen LogP contribution in [0.3, 0.4) is 0 Å². The molecule has 4 nitrogen and oxygen atoms in total. The van der Waals surface area contributed by atoms with Gasteiger partial charge in [-0.2, -0.15) is 0 Å². The number of pyridine rings is 2. The van der Waals surface area contributed by atoms with Gasteiger partial charge in [0.15, 0.2) is 0 Å². The Hall–Kier alpha value is -1.92. The van der Waals surface area contributed by atoms with Crippen molar-refractivity contribution < 1.29 is 4.74 Å². The molecule has 0 unspecified atom stereocenters. The summed E-state index contributed by atoms with van der Waals surface area (Å²) >= 11 is 6.80. The van der Waals surface area contributed by atoms with Gasteiger partial charge >= 0.3 is 0 Å². The van der Waals surface area contributed by atoms with Crippen LogP contribution in [-0.4, -0.2) is 14.9 Å². The predicted octanol–water partition coefficient (Wildman–Crippen LogP) is 4.76. The van der Waals surface area contributed by atoms with Crippen LogP contribution < -0.4 is 10.3 Å². The Morgan fingerprint density at radius 1 is 1.00 bits per heavy atom. The average molecular weight is 492 g/mol. The molecule has 0 atom stereocenters. The topological polar surface area (TPSA) is 44.1 Å². The Kier molecular flexibility index (Phi) is 7.24. The molecular formula is C21H20Br2N2O2. The van der Waals surface area contributed by atoms with Gasteiger partial charge in [-0.15, -0.1) is 0 Å². The number of aromatic nitrogens is 2. The lowest BCUT2D eigenvalue weighted by Crippen LogP contribution is -2.19. The van der Waals surface area contributed by atoms with Gasteiger partial charge in [0, 0.05) is 34.8 Å². The van der Waals surface area contributed by atoms with Crippen molar-refractivity contribution in [3.63, 3.8) is 0 Å². The molecule has 3 rings (SSSR count). The van der Waals surface area contributed by atoms with Crippen LogP contribution in [-0.2, 0) is 26.0 Å². The van der Waals surface area contributed by atoms with Crippen molar-refractivity contribution in [1.82, 2.24) is 9.55 Å². The van der Waals surface area contributed by atoms with Gasteiger partial charge in [0.1, 0.15) is 12.4 Å². The molecule has 0 aliphatic carbocycles. The third kappa shape index (κ3) is 6.04. The van der Waals surface area contributed by atoms with Crippen LogP contribution in [0.2, 0.25) is 0 Å². The fourth-order valence-corrected chi connectivity index (χ4v) is 3.34. The second-order valence-electron chi connectivity index (χ2n) is 6.16. The average Bonchev–Trinajstić information content (AvgIpc) is 2.68. The van der Waals surface area contributed by atoms with E-state index in [9.17, 15) is 4.79 Å². The Labute approximate surface area is 175 Å². The van der Waals surface area contributed by atoms with Gasteiger partial charge in [-0.05, 0) is 58.1 Å². The van der Waals surface area contributed by atoms with Gasteiger partial charge in [0.05, 0.1) is 5.69 Å². The fraction of sp³-hybridized carbons (Fsp3) is 0.238. The number of hydrogen-bond acceptors (Lipinski definition) is 3. The van der Waals surface area contributed by atoms with E-state index in [1.807, 2.05) is 18.2 Å². The molecule has 0 spiro atoms. The van der Waals surface area contributed by atoms with Crippen LogP contribution in [0.4, 0.5) is 0 Å². The largest absolute Gasteiger partial charge is 0.487 e. The van der Waals surface area contributed by atoms with Crippen molar-refractivity contribution in [2.24, 2.45) is 0 Å². The maximum absolute atomic E-state index is 12.3. The monoisotopic (exact) mass is 490 g/mol. The molecule has 0 N–H and O–H groups in total. The van der Waals surface area contributed by atoms with Gasteiger partial charge < -0.3 is 9.30 Å². The van der Waals surface area contributed by atoms with Crippen molar-refractivity contribution in [1.29, 1.82) is 0 Å². The highest BCUT2D eigenvalue weighted by Gasteiger charge is 2.03. The second kappa shape index (κ2) is 9.85. The van der Waals surface area contributed by atoms with E-state index in [0.717, 1.165) is 28.3 Å². The smallest absolute Gasteiger partial charge is 0.254 e. The molecule has 0 aliphatic heterocycles. The van der Waals surface area contributed by atoms with Crippen LogP contribution in [0.1, 0.15) is 16.8 Å². The predicted molar refractivity (Wildman–Crippen MR) is 115 cm³/mol. The van der Waals surface area contributed by atoms with Crippen LogP contribution in [0.25, 0.3) is 0 Å². The first kappa shape index (κ1) is 19.8. The molecule has 1 aromatic carbocycles. The minimum atomic E-state index is -0.0628. The zero-order valence-electron chi connectivity index (χ0n) is 14.8. The highest BCUT2D eigenvalue weighted by molar-refractivity contribution is 9.10. The van der Waals surface area contributed by atoms with E-state index >= 15 is 0 Å². The molecule has 2 aromatic heterocycles. The van der Waals surface area contributed by atoms with E-state index in [-0.39, 0.29) is 5.56 Å². The van der Waals surface area contributed by atoms with Gasteiger partial charge in [0.25, 0.3) is 5.56 Å². The van der Waals surface area contributed by atoms with Gasteiger partial charge in [0.2, 0.25) is 0 Å². The molecule has 0 saturated carbocycles. The first-order chi connectivity index (χ1) is 13.1. The van der Waals surface area contributed by atoms with Crippen molar-refractivity contribution in [2.75, 3.05) is 5.33 Å². The van der Waals surface area contributed by atoms with Gasteiger partial charge in [-0.25, -0.2) is 0 Å². The van der Waals surface area contributed by atoms with Crippen molar-refractivity contribution in [2.45, 2.75) is 26.0 Å². The standard InChI is InChI=1S/C21H20Br2N2O2/c22-10-7-16-1-3-17(4-2-16)8-11-25-12-9-20(13-21(25)26)27-15-19-6-5-18(23)14-24-19/h1-6,9,12-14H,7-8,10-11,15H2. The minimum Gasteiger partial charge on any atom is -0.487 e. The van der Waals surface area contributed by atoms with Crippen molar-refractivity contribution >= 4 is 31.9 Å². The van der Waals surface area contributed by atoms with Crippen LogP contribution in [0, 0.1) is 0 Å². The maximum Gasteiger partial charge on any atom is 0.254 e. The Morgan fingerprint density at radius 2 is 1.74 bits per heavy atom. The number of hydrogen-bond donors (Lipinski definition) is 0. The molecule has 0 radical (unpaired) electrons. The van der Waals surface area contributed by atoms with Crippen LogP contribution >= 0.6 is 31.9 Å². The quantitative estimate of drug-likeness (QED) is 0.426. The van der Waals surface area contributed by atoms with E-state index in [4.69, 9.17) is 4.74 Å². The fourth-order valence-electron chi connectivity index (χ4n) is 2.64. The summed E-state index contributed by atoms with van der Waals surface area (Å²) < 4.78 is 8.30. The zero-order valence-corrected chi connectivity index (χ0v) is 17.9. The Balaban J connectivity index is 1.56. The molecule has 140 valence electrons. The van der Waals surface area contributed by atoms with Crippen LogP contribution in [0.5, 0.6) is 5.75 Å². The van der Waals surface area contributed by atoms with Gasteiger partial charge in [-0.1, -0.05) is 40.2 Å². The zero-order chi connectivity index (χ0) is 19.1. The van der Waals surface area contributed by atoms with E-state index < -0.39 is 0 Å². The molecule has 0 amide bonds. The number of benzene rings is 1. The van der Waals surface area contributed by atoms with Crippen LogP contribution in [0.15, 0.2) is 70.2 Å². The lowest BCUT2D eigenvalue weighted by Gasteiger charge is -2.09. The summed E-state index contributed by atoms with van der Waals surface area (Å²) in [5.41, 5.74) is 3.29. The SMILES string of the molecule is O=c1cc(OCc2ccc(Br)cn2)ccn1CCc1ccc(CCBr)cc1. The highest BCUT2D eigenvalue weighted by Crippen LogP contribution is 2.12. The number of ether oxygens (including phenoxy) is 1. The number of aryl methyl sites for hydroxylation is 3. The Bertz CT molecular complexity index is 922. The summed E-state index contributed by atoms with van der Waals surface area (Å²) in [6.07, 6.45) is 5.35. The Morgan fingerprint density at radius 3 is 2.37 bits per heavy atom. The van der Waals surface area contributed by atoms with E-state index in [2.05, 4.69) is 61.1 Å². The van der Waals surface area contributed by atoms with E-state index in [1.165, 1.54) is 17.2 Å². The summed E-state index contributed by atoms with van der Waals surface area (Å²) in [6.45, 7) is 0.975. The lowest BCUT2D eigenvalue weighted by molar-refractivity contribution is 0.300. The summed E-state index contributed by atoms with van der Waals surface area (Å²) in [4.78, 5) is 16.6. The molecule has 3 aromatic rings. The third-order valence-electron chi connectivity index (χ3n) is 4.19. The normalized spacial score (nSPS) is 10.7. The number of nitrogens with zero attached hydrogens (tertiary/aromatic N) is 2. The van der Waals surface area contributed by atoms with Crippen molar-refractivity contribution in [3.8, 4) is 5.75 Å². The first-order valence-corrected chi connectivity index (χ1v) is 10.6. The molecular weight excluding hydrogens is 472 g/mol. The van der Waals surface area contributed by atoms with E-state index in [1.54, 1.807) is 17.0 Å². The molecule has 0 fully saturated rings. The lowest BCUT2D eigenvalue weighted by atomic mass is 10.1. The second-order valence-corrected chi connectivity index (χ2v) is 7.86. The third-order valence-corrected chi connectivity index (χ3v) is 5.06. The maximum atomic E-state index is 12.3. The number of halogens is 2. The molecule has 27 heavy (non-hydrogen) atoms. The molecule has 2 heterocycles. The molecule has 0 saturated heterocycles. The van der Waals surface area contributed by atoms with E-state index in [0.29, 0.717) is 18.9 Å².